The topological polar surface area (TPSA) is 6.48 Å². The molecule has 0 amide bonds. The number of anilines is 1. The van der Waals surface area contributed by atoms with Crippen LogP contribution in [0.4, 0.5) is 5.69 Å². The van der Waals surface area contributed by atoms with Gasteiger partial charge in [0, 0.05) is 17.3 Å². The molecule has 4 aliphatic rings. The minimum atomic E-state index is 0.191. The van der Waals surface area contributed by atoms with Gasteiger partial charge in [0.25, 0.3) is 0 Å². The van der Waals surface area contributed by atoms with Gasteiger partial charge in [-0.05, 0) is 93.5 Å². The minimum absolute atomic E-state index is 0.191. The number of hydrogen-bond acceptors (Lipinski definition) is 2. The molecule has 2 nitrogen and oxygen atoms in total. The lowest BCUT2D eigenvalue weighted by Crippen LogP contribution is -2.58. The van der Waals surface area contributed by atoms with Crippen LogP contribution in [0.25, 0.3) is 0 Å². The van der Waals surface area contributed by atoms with Crippen molar-refractivity contribution in [3.05, 3.63) is 76.9 Å². The van der Waals surface area contributed by atoms with Crippen LogP contribution in [0.2, 0.25) is 0 Å². The second-order valence-corrected chi connectivity index (χ2v) is 12.4. The molecule has 6 rings (SSSR count). The molecule has 2 heterocycles. The van der Waals surface area contributed by atoms with Crippen LogP contribution in [0.3, 0.4) is 0 Å². The summed E-state index contributed by atoms with van der Waals surface area (Å²) < 4.78 is 0. The highest BCUT2D eigenvalue weighted by molar-refractivity contribution is 5.60. The second kappa shape index (κ2) is 9.67. The van der Waals surface area contributed by atoms with Gasteiger partial charge in [0.15, 0.2) is 0 Å². The van der Waals surface area contributed by atoms with E-state index < -0.39 is 0 Å². The molecule has 192 valence electrons. The average molecular weight is 483 g/mol. The largest absolute Gasteiger partial charge is 0.347 e. The van der Waals surface area contributed by atoms with Gasteiger partial charge in [0.1, 0.15) is 6.17 Å². The highest BCUT2D eigenvalue weighted by Crippen LogP contribution is 2.58. The quantitative estimate of drug-likeness (QED) is 0.402. The summed E-state index contributed by atoms with van der Waals surface area (Å²) >= 11 is 0. The SMILES string of the molecule is Cc1ccccc1N1C(c2c(C)cccc2C)N2C(C=CC2(C2CCCCC2)C2CCCCC2)[C@@H]1C. The molecule has 2 aromatic carbocycles. The Bertz CT molecular complexity index is 1070. The molecule has 1 saturated heterocycles. The number of rotatable bonds is 4. The molecule has 2 unspecified atom stereocenters. The van der Waals surface area contributed by atoms with Gasteiger partial charge < -0.3 is 4.90 Å². The Balaban J connectivity index is 1.57. The summed E-state index contributed by atoms with van der Waals surface area (Å²) in [6.07, 6.45) is 19.8. The Morgan fingerprint density at radius 3 is 1.83 bits per heavy atom. The average Bonchev–Trinajstić information content (AvgIpc) is 3.43. The summed E-state index contributed by atoms with van der Waals surface area (Å²) in [5.74, 6) is 1.57. The zero-order chi connectivity index (χ0) is 24.9. The van der Waals surface area contributed by atoms with Crippen molar-refractivity contribution in [3.8, 4) is 0 Å². The minimum Gasteiger partial charge on any atom is -0.347 e. The highest BCUT2D eigenvalue weighted by Gasteiger charge is 2.61. The lowest BCUT2D eigenvalue weighted by molar-refractivity contribution is -0.0201. The molecule has 0 spiro atoms. The molecule has 2 aromatic rings. The van der Waals surface area contributed by atoms with Crippen molar-refractivity contribution < 1.29 is 0 Å². The highest BCUT2D eigenvalue weighted by atomic mass is 15.5. The number of nitrogens with zero attached hydrogens (tertiary/aromatic N) is 2. The second-order valence-electron chi connectivity index (χ2n) is 12.4. The van der Waals surface area contributed by atoms with Gasteiger partial charge in [-0.2, -0.15) is 0 Å². The fourth-order valence-corrected chi connectivity index (χ4v) is 8.85. The summed E-state index contributed by atoms with van der Waals surface area (Å²) in [7, 11) is 0. The first-order valence-corrected chi connectivity index (χ1v) is 14.9. The van der Waals surface area contributed by atoms with Crippen LogP contribution in [0.1, 0.15) is 99.6 Å². The third-order valence-corrected chi connectivity index (χ3v) is 10.5. The number of hydrogen-bond donors (Lipinski definition) is 0. The first-order valence-electron chi connectivity index (χ1n) is 14.9. The van der Waals surface area contributed by atoms with Crippen LogP contribution >= 0.6 is 0 Å². The fraction of sp³-hybridized carbons (Fsp3) is 0.588. The third kappa shape index (κ3) is 3.70. The Hall–Kier alpha value is -2.06. The van der Waals surface area contributed by atoms with E-state index >= 15 is 0 Å². The number of para-hydroxylation sites is 1. The van der Waals surface area contributed by atoms with E-state index in [1.165, 1.54) is 86.6 Å². The van der Waals surface area contributed by atoms with Gasteiger partial charge in [-0.25, -0.2) is 0 Å². The first-order chi connectivity index (χ1) is 17.5. The van der Waals surface area contributed by atoms with Crippen LogP contribution in [0.5, 0.6) is 0 Å². The summed E-state index contributed by atoms with van der Waals surface area (Å²) in [4.78, 5) is 5.91. The lowest BCUT2D eigenvalue weighted by atomic mass is 9.63. The standard InChI is InChI=1S/C34H46N2/c1-24-14-11-12-21-30(24)35-27(4)31-22-23-34(28-17-7-5-8-18-28,29-19-9-6-10-20-29)36(31)33(35)32-25(2)15-13-16-26(32)3/h11-16,21-23,27-29,31,33H,5-10,17-20H2,1-4H3/t27-,31?,33?/m0/s1. The summed E-state index contributed by atoms with van der Waals surface area (Å²) in [5, 5.41) is 0. The molecule has 2 saturated carbocycles. The third-order valence-electron chi connectivity index (χ3n) is 10.5. The van der Waals surface area contributed by atoms with Crippen molar-refractivity contribution in [2.24, 2.45) is 11.8 Å². The molecule has 2 heteroatoms. The molecule has 2 aliphatic heterocycles. The zero-order valence-corrected chi connectivity index (χ0v) is 23.0. The Morgan fingerprint density at radius 2 is 1.25 bits per heavy atom. The lowest BCUT2D eigenvalue weighted by Gasteiger charge is -2.54. The van der Waals surface area contributed by atoms with Gasteiger partial charge in [-0.15, -0.1) is 0 Å². The maximum absolute atomic E-state index is 3.09. The summed E-state index contributed by atoms with van der Waals surface area (Å²) in [5.41, 5.74) is 7.44. The van der Waals surface area contributed by atoms with E-state index in [0.29, 0.717) is 12.1 Å². The summed E-state index contributed by atoms with van der Waals surface area (Å²) in [6, 6.07) is 17.0. The van der Waals surface area contributed by atoms with Gasteiger partial charge in [0.05, 0.1) is 6.04 Å². The molecule has 2 aliphatic carbocycles. The van der Waals surface area contributed by atoms with Gasteiger partial charge in [0.2, 0.25) is 0 Å². The van der Waals surface area contributed by atoms with Crippen LogP contribution in [0, 0.1) is 32.6 Å². The van der Waals surface area contributed by atoms with Gasteiger partial charge >= 0.3 is 0 Å². The molecule has 3 atom stereocenters. The van der Waals surface area contributed by atoms with Crippen LogP contribution < -0.4 is 4.90 Å². The van der Waals surface area contributed by atoms with Crippen molar-refractivity contribution in [2.75, 3.05) is 4.90 Å². The smallest absolute Gasteiger partial charge is 0.110 e. The van der Waals surface area contributed by atoms with E-state index in [1.54, 1.807) is 5.56 Å². The van der Waals surface area contributed by atoms with Crippen LogP contribution in [0.15, 0.2) is 54.6 Å². The van der Waals surface area contributed by atoms with Crippen molar-refractivity contribution in [2.45, 2.75) is 116 Å². The monoisotopic (exact) mass is 482 g/mol. The van der Waals surface area contributed by atoms with E-state index in [4.69, 9.17) is 0 Å². The summed E-state index contributed by atoms with van der Waals surface area (Å²) in [6.45, 7) is 9.50. The van der Waals surface area contributed by atoms with Gasteiger partial charge in [-0.1, -0.05) is 87.1 Å². The van der Waals surface area contributed by atoms with Crippen molar-refractivity contribution >= 4 is 5.69 Å². The Kier molecular flexibility index (Phi) is 6.53. The maximum Gasteiger partial charge on any atom is 0.110 e. The van der Waals surface area contributed by atoms with E-state index in [9.17, 15) is 0 Å². The molecule has 0 radical (unpaired) electrons. The molecule has 0 bridgehead atoms. The maximum atomic E-state index is 3.09. The first kappa shape index (κ1) is 24.3. The number of aryl methyl sites for hydroxylation is 3. The van der Waals surface area contributed by atoms with Crippen LogP contribution in [-0.4, -0.2) is 22.5 Å². The van der Waals surface area contributed by atoms with E-state index in [0.717, 1.165) is 11.8 Å². The predicted octanol–water partition coefficient (Wildman–Crippen LogP) is 8.66. The molecule has 0 N–H and O–H groups in total. The molecule has 0 aromatic heterocycles. The van der Waals surface area contributed by atoms with Crippen molar-refractivity contribution in [1.29, 1.82) is 0 Å². The van der Waals surface area contributed by atoms with Gasteiger partial charge in [-0.3, -0.25) is 4.90 Å². The number of fused-ring (bicyclic) bond motifs is 1. The zero-order valence-electron chi connectivity index (χ0n) is 23.0. The van der Waals surface area contributed by atoms with Crippen molar-refractivity contribution in [1.82, 2.24) is 4.90 Å². The molecule has 3 fully saturated rings. The van der Waals surface area contributed by atoms with E-state index in [2.05, 4.69) is 92.1 Å². The molecule has 36 heavy (non-hydrogen) atoms. The predicted molar refractivity (Wildman–Crippen MR) is 152 cm³/mol. The van der Waals surface area contributed by atoms with Crippen LogP contribution in [-0.2, 0) is 0 Å². The van der Waals surface area contributed by atoms with E-state index in [1.807, 2.05) is 0 Å². The fourth-order valence-electron chi connectivity index (χ4n) is 8.85. The molecular weight excluding hydrogens is 436 g/mol. The normalized spacial score (nSPS) is 29.1. The molecular formula is C34H46N2. The van der Waals surface area contributed by atoms with Crippen molar-refractivity contribution in [3.63, 3.8) is 0 Å². The number of benzene rings is 2. The Labute approximate surface area is 219 Å². The Morgan fingerprint density at radius 1 is 0.694 bits per heavy atom. The van der Waals surface area contributed by atoms with E-state index in [-0.39, 0.29) is 11.7 Å².